The maximum absolute atomic E-state index is 12.1. The Labute approximate surface area is 84.1 Å². The van der Waals surface area contributed by atoms with Crippen LogP contribution < -0.4 is 0 Å². The van der Waals surface area contributed by atoms with Gasteiger partial charge in [-0.05, 0) is 0 Å². The van der Waals surface area contributed by atoms with Crippen LogP contribution in [0.2, 0.25) is 0 Å². The average molecular weight is 280 g/mol. The summed E-state index contributed by atoms with van der Waals surface area (Å²) in [5.41, 5.74) is 0. The second kappa shape index (κ2) is 4.00. The number of hydrogen-bond acceptors (Lipinski definition) is 2. The minimum absolute atomic E-state index is 2.72. The van der Waals surface area contributed by atoms with Gasteiger partial charge in [-0.1, -0.05) is 0 Å². The molecule has 0 saturated carbocycles. The molecule has 0 unspecified atom stereocenters. The minimum Gasteiger partial charge on any atom is -0.228 e. The van der Waals surface area contributed by atoms with E-state index in [0.717, 1.165) is 0 Å². The van der Waals surface area contributed by atoms with E-state index < -0.39 is 39.6 Å². The largest absolute Gasteiger partial charge is 0.454 e. The van der Waals surface area contributed by atoms with Crippen molar-refractivity contribution in [1.82, 2.24) is 0 Å². The molecule has 0 aliphatic heterocycles. The summed E-state index contributed by atoms with van der Waals surface area (Å²) in [6.45, 7) is 0. The summed E-state index contributed by atoms with van der Waals surface area (Å²) in [7, 11) is -5.58. The number of alkyl halides is 8. The Morgan fingerprint density at radius 3 is 1.38 bits per heavy atom. The van der Waals surface area contributed by atoms with Gasteiger partial charge in [-0.3, -0.25) is 0 Å². The van der Waals surface area contributed by atoms with Crippen LogP contribution in [0.15, 0.2) is 0 Å². The fourth-order valence-electron chi connectivity index (χ4n) is 0.658. The normalized spacial score (nSPS) is 15.2. The highest BCUT2D eigenvalue weighted by atomic mass is 32.2. The topological polar surface area (TPSA) is 34.1 Å². The minimum atomic E-state index is -6.20. The SMILES string of the molecule is O=S(=O)(CC(F)(F)F)CC(F)(F)C(F)(F)F. The second-order valence-corrected chi connectivity index (χ2v) is 4.91. The van der Waals surface area contributed by atoms with E-state index in [4.69, 9.17) is 0 Å². The highest BCUT2D eigenvalue weighted by Gasteiger charge is 2.60. The zero-order valence-electron chi connectivity index (χ0n) is 7.16. The van der Waals surface area contributed by atoms with Crippen molar-refractivity contribution in [2.45, 2.75) is 18.3 Å². The number of sulfone groups is 1. The molecule has 0 rings (SSSR count). The van der Waals surface area contributed by atoms with Crippen LogP contribution in [0.25, 0.3) is 0 Å². The Balaban J connectivity index is 4.87. The summed E-state index contributed by atoms with van der Waals surface area (Å²) < 4.78 is 114. The molecular formula is C5H4F8O2S. The van der Waals surface area contributed by atoms with Gasteiger partial charge in [0.2, 0.25) is 0 Å². The van der Waals surface area contributed by atoms with Gasteiger partial charge in [-0.2, -0.15) is 35.1 Å². The zero-order chi connectivity index (χ0) is 13.4. The molecule has 0 spiro atoms. The third kappa shape index (κ3) is 4.94. The summed E-state index contributed by atoms with van der Waals surface area (Å²) in [6, 6.07) is 0. The maximum atomic E-state index is 12.1. The molecule has 0 aliphatic carbocycles. The lowest BCUT2D eigenvalue weighted by Crippen LogP contribution is -2.44. The van der Waals surface area contributed by atoms with Crippen molar-refractivity contribution in [3.8, 4) is 0 Å². The van der Waals surface area contributed by atoms with E-state index >= 15 is 0 Å². The van der Waals surface area contributed by atoms with Crippen molar-refractivity contribution < 1.29 is 43.5 Å². The lowest BCUT2D eigenvalue weighted by molar-refractivity contribution is -0.271. The highest BCUT2D eigenvalue weighted by molar-refractivity contribution is 7.91. The monoisotopic (exact) mass is 280 g/mol. The van der Waals surface area contributed by atoms with Crippen LogP contribution in [-0.2, 0) is 9.84 Å². The molecule has 0 aromatic carbocycles. The van der Waals surface area contributed by atoms with Gasteiger partial charge in [0.15, 0.2) is 9.84 Å². The first-order valence-corrected chi connectivity index (χ1v) is 5.20. The third-order valence-electron chi connectivity index (χ3n) is 1.20. The Bertz CT molecular complexity index is 336. The third-order valence-corrected chi connectivity index (χ3v) is 2.77. The van der Waals surface area contributed by atoms with Crippen molar-refractivity contribution in [2.24, 2.45) is 0 Å². The molecule has 98 valence electrons. The predicted octanol–water partition coefficient (Wildman–Crippen LogP) is 2.16. The fraction of sp³-hybridized carbons (Fsp3) is 1.00. The summed E-state index contributed by atoms with van der Waals surface area (Å²) in [5, 5.41) is 0. The van der Waals surface area contributed by atoms with Crippen molar-refractivity contribution >= 4 is 9.84 Å². The lowest BCUT2D eigenvalue weighted by atomic mass is 10.4. The lowest BCUT2D eigenvalue weighted by Gasteiger charge is -2.19. The Morgan fingerprint density at radius 1 is 0.750 bits per heavy atom. The van der Waals surface area contributed by atoms with Gasteiger partial charge >= 0.3 is 18.3 Å². The first-order valence-electron chi connectivity index (χ1n) is 3.38. The Morgan fingerprint density at radius 2 is 1.12 bits per heavy atom. The van der Waals surface area contributed by atoms with Gasteiger partial charge in [-0.15, -0.1) is 0 Å². The number of halogens is 8. The van der Waals surface area contributed by atoms with Gasteiger partial charge in [-0.25, -0.2) is 8.42 Å². The molecular weight excluding hydrogens is 276 g/mol. The first-order chi connectivity index (χ1) is 6.66. The molecule has 0 amide bonds. The summed E-state index contributed by atoms with van der Waals surface area (Å²) >= 11 is 0. The maximum Gasteiger partial charge on any atom is 0.454 e. The average Bonchev–Trinajstić information content (AvgIpc) is 1.72. The van der Waals surface area contributed by atoms with E-state index in [1.54, 1.807) is 0 Å². The van der Waals surface area contributed by atoms with Crippen LogP contribution in [0.1, 0.15) is 0 Å². The Hall–Kier alpha value is -0.610. The van der Waals surface area contributed by atoms with Gasteiger partial charge in [0.05, 0.1) is 0 Å². The van der Waals surface area contributed by atoms with Crippen molar-refractivity contribution in [3.05, 3.63) is 0 Å². The standard InChI is InChI=1S/C5H4F8O2S/c6-3(7,5(11,12)13)1-16(14,15)2-4(8,9)10/h1-2H2. The molecule has 0 heterocycles. The zero-order valence-corrected chi connectivity index (χ0v) is 7.98. The van der Waals surface area contributed by atoms with E-state index in [9.17, 15) is 43.5 Å². The van der Waals surface area contributed by atoms with Crippen LogP contribution in [0.5, 0.6) is 0 Å². The van der Waals surface area contributed by atoms with Crippen LogP contribution >= 0.6 is 0 Å². The van der Waals surface area contributed by atoms with Crippen LogP contribution in [0.4, 0.5) is 35.1 Å². The number of rotatable bonds is 3. The molecule has 11 heteroatoms. The van der Waals surface area contributed by atoms with E-state index in [1.165, 1.54) is 0 Å². The van der Waals surface area contributed by atoms with Crippen LogP contribution in [0.3, 0.4) is 0 Å². The molecule has 0 N–H and O–H groups in total. The predicted molar refractivity (Wildman–Crippen MR) is 35.7 cm³/mol. The molecule has 0 saturated heterocycles. The summed E-state index contributed by atoms with van der Waals surface area (Å²) in [6.07, 6.45) is -11.6. The van der Waals surface area contributed by atoms with Crippen molar-refractivity contribution in [1.29, 1.82) is 0 Å². The number of hydrogen-bond donors (Lipinski definition) is 0. The smallest absolute Gasteiger partial charge is 0.228 e. The van der Waals surface area contributed by atoms with Gasteiger partial charge in [0, 0.05) is 0 Å². The molecule has 0 aromatic heterocycles. The van der Waals surface area contributed by atoms with Crippen molar-refractivity contribution in [2.75, 3.05) is 11.5 Å². The Kier molecular flexibility index (Phi) is 3.85. The molecule has 0 aromatic rings. The molecule has 16 heavy (non-hydrogen) atoms. The summed E-state index contributed by atoms with van der Waals surface area (Å²) in [5.74, 6) is -11.3. The van der Waals surface area contributed by atoms with Crippen LogP contribution in [-0.4, -0.2) is 38.2 Å². The highest BCUT2D eigenvalue weighted by Crippen LogP contribution is 2.37. The molecule has 0 fully saturated rings. The van der Waals surface area contributed by atoms with Crippen molar-refractivity contribution in [3.63, 3.8) is 0 Å². The van der Waals surface area contributed by atoms with E-state index in [2.05, 4.69) is 0 Å². The summed E-state index contributed by atoms with van der Waals surface area (Å²) in [4.78, 5) is 0. The van der Waals surface area contributed by atoms with Gasteiger partial charge < -0.3 is 0 Å². The quantitative estimate of drug-likeness (QED) is 0.742. The molecule has 0 aliphatic rings. The van der Waals surface area contributed by atoms with Gasteiger partial charge in [0.1, 0.15) is 11.5 Å². The second-order valence-electron chi connectivity index (χ2n) is 2.85. The molecule has 0 bridgehead atoms. The van der Waals surface area contributed by atoms with Gasteiger partial charge in [0.25, 0.3) is 0 Å². The van der Waals surface area contributed by atoms with Crippen LogP contribution in [0, 0.1) is 0 Å². The van der Waals surface area contributed by atoms with E-state index in [1.807, 2.05) is 0 Å². The van der Waals surface area contributed by atoms with E-state index in [0.29, 0.717) is 0 Å². The molecule has 0 atom stereocenters. The van der Waals surface area contributed by atoms with E-state index in [-0.39, 0.29) is 0 Å². The molecule has 0 radical (unpaired) electrons. The first kappa shape index (κ1) is 15.4. The fourth-order valence-corrected chi connectivity index (χ4v) is 1.98. The molecule has 2 nitrogen and oxygen atoms in total.